The molecular weight excluding hydrogens is 236 g/mol. The maximum absolute atomic E-state index is 11.3. The minimum atomic E-state index is -1.02. The highest BCUT2D eigenvalue weighted by molar-refractivity contribution is 5.88. The minimum absolute atomic E-state index is 0.101. The molecule has 1 heterocycles. The molecule has 100 valence electrons. The van der Waals surface area contributed by atoms with Gasteiger partial charge in [-0.1, -0.05) is 6.92 Å². The van der Waals surface area contributed by atoms with Crippen molar-refractivity contribution < 1.29 is 14.7 Å². The molecular formula is C11H18N4O3. The number of aromatic carboxylic acids is 1. The molecule has 1 rings (SSSR count). The zero-order valence-electron chi connectivity index (χ0n) is 10.6. The maximum Gasteiger partial charge on any atom is 0.339 e. The van der Waals surface area contributed by atoms with Gasteiger partial charge in [0, 0.05) is 20.1 Å². The number of nitrogens with one attached hydrogen (secondary N) is 2. The van der Waals surface area contributed by atoms with E-state index in [-0.39, 0.29) is 24.6 Å². The Bertz CT molecular complexity index is 428. The number of carboxylic acids is 1. The second-order valence-electron chi connectivity index (χ2n) is 3.89. The molecule has 0 saturated carbocycles. The monoisotopic (exact) mass is 254 g/mol. The molecule has 1 aromatic heterocycles. The fourth-order valence-electron chi connectivity index (χ4n) is 1.47. The molecule has 1 amide bonds. The molecule has 7 nitrogen and oxygen atoms in total. The molecule has 18 heavy (non-hydrogen) atoms. The van der Waals surface area contributed by atoms with Crippen molar-refractivity contribution in [3.8, 4) is 0 Å². The lowest BCUT2D eigenvalue weighted by atomic mass is 10.2. The third-order valence-corrected chi connectivity index (χ3v) is 2.44. The number of aromatic nitrogens is 2. The lowest BCUT2D eigenvalue weighted by Crippen LogP contribution is -2.34. The van der Waals surface area contributed by atoms with Gasteiger partial charge in [-0.05, 0) is 6.42 Å². The van der Waals surface area contributed by atoms with Crippen LogP contribution in [0.1, 0.15) is 29.4 Å². The largest absolute Gasteiger partial charge is 0.478 e. The van der Waals surface area contributed by atoms with E-state index < -0.39 is 5.97 Å². The Kier molecular flexibility index (Phi) is 5.31. The summed E-state index contributed by atoms with van der Waals surface area (Å²) in [6, 6.07) is 0. The van der Waals surface area contributed by atoms with Gasteiger partial charge in [0.1, 0.15) is 5.56 Å². The van der Waals surface area contributed by atoms with Crippen LogP contribution in [-0.2, 0) is 18.4 Å². The number of rotatable bonds is 7. The Morgan fingerprint density at radius 1 is 1.50 bits per heavy atom. The van der Waals surface area contributed by atoms with Gasteiger partial charge in [0.2, 0.25) is 5.91 Å². The van der Waals surface area contributed by atoms with Crippen LogP contribution in [0, 0.1) is 0 Å². The first-order valence-electron chi connectivity index (χ1n) is 5.77. The summed E-state index contributed by atoms with van der Waals surface area (Å²) in [5, 5.41) is 18.4. The topological polar surface area (TPSA) is 96.2 Å². The SMILES string of the molecule is CCCNC(=O)CNCc1c(C(=O)O)cnn1C. The molecule has 7 heteroatoms. The summed E-state index contributed by atoms with van der Waals surface area (Å²) in [4.78, 5) is 22.2. The average Bonchev–Trinajstić information content (AvgIpc) is 2.68. The number of amides is 1. The van der Waals surface area contributed by atoms with E-state index >= 15 is 0 Å². The summed E-state index contributed by atoms with van der Waals surface area (Å²) < 4.78 is 1.49. The smallest absolute Gasteiger partial charge is 0.339 e. The Labute approximate surface area is 105 Å². The maximum atomic E-state index is 11.3. The van der Waals surface area contributed by atoms with E-state index in [1.54, 1.807) is 7.05 Å². The van der Waals surface area contributed by atoms with Crippen LogP contribution in [0.3, 0.4) is 0 Å². The van der Waals surface area contributed by atoms with Crippen molar-refractivity contribution in [3.05, 3.63) is 17.5 Å². The van der Waals surface area contributed by atoms with Gasteiger partial charge in [-0.15, -0.1) is 0 Å². The number of hydrogen-bond acceptors (Lipinski definition) is 4. The molecule has 0 atom stereocenters. The molecule has 3 N–H and O–H groups in total. The molecule has 0 aliphatic carbocycles. The van der Waals surface area contributed by atoms with Crippen LogP contribution < -0.4 is 10.6 Å². The minimum Gasteiger partial charge on any atom is -0.478 e. The predicted octanol–water partition coefficient (Wildman–Crippen LogP) is -0.266. The van der Waals surface area contributed by atoms with Crippen molar-refractivity contribution >= 4 is 11.9 Å². The van der Waals surface area contributed by atoms with E-state index in [9.17, 15) is 9.59 Å². The molecule has 0 fully saturated rings. The predicted molar refractivity (Wildman–Crippen MR) is 65.2 cm³/mol. The summed E-state index contributed by atoms with van der Waals surface area (Å²) in [7, 11) is 1.67. The van der Waals surface area contributed by atoms with Gasteiger partial charge >= 0.3 is 5.97 Å². The van der Waals surface area contributed by atoms with Crippen LogP contribution in [0.2, 0.25) is 0 Å². The standard InChI is InChI=1S/C11H18N4O3/c1-3-4-13-10(16)7-12-6-9-8(11(17)18)5-14-15(9)2/h5,12H,3-4,6-7H2,1-2H3,(H,13,16)(H,17,18). The first kappa shape index (κ1) is 14.2. The van der Waals surface area contributed by atoms with Crippen LogP contribution in [0.5, 0.6) is 0 Å². The Morgan fingerprint density at radius 2 is 2.22 bits per heavy atom. The molecule has 1 aromatic rings. The van der Waals surface area contributed by atoms with E-state index in [0.717, 1.165) is 6.42 Å². The number of carbonyl (C=O) groups excluding carboxylic acids is 1. The van der Waals surface area contributed by atoms with Crippen LogP contribution in [-0.4, -0.2) is 39.9 Å². The molecule has 0 radical (unpaired) electrons. The van der Waals surface area contributed by atoms with Gasteiger partial charge in [-0.25, -0.2) is 4.79 Å². The lowest BCUT2D eigenvalue weighted by Gasteiger charge is -2.07. The second-order valence-corrected chi connectivity index (χ2v) is 3.89. The number of hydrogen-bond donors (Lipinski definition) is 3. The van der Waals surface area contributed by atoms with E-state index in [2.05, 4.69) is 15.7 Å². The summed E-state index contributed by atoms with van der Waals surface area (Å²) in [5.74, 6) is -1.12. The van der Waals surface area contributed by atoms with E-state index in [4.69, 9.17) is 5.11 Å². The summed E-state index contributed by atoms with van der Waals surface area (Å²) in [6.07, 6.45) is 2.19. The normalized spacial score (nSPS) is 10.3. The average molecular weight is 254 g/mol. The highest BCUT2D eigenvalue weighted by Gasteiger charge is 2.14. The van der Waals surface area contributed by atoms with Crippen molar-refractivity contribution in [1.29, 1.82) is 0 Å². The highest BCUT2D eigenvalue weighted by atomic mass is 16.4. The van der Waals surface area contributed by atoms with Crippen LogP contribution in [0.4, 0.5) is 0 Å². The second kappa shape index (κ2) is 6.75. The van der Waals surface area contributed by atoms with Gasteiger partial charge in [0.05, 0.1) is 18.4 Å². The first-order chi connectivity index (χ1) is 8.56. The van der Waals surface area contributed by atoms with Gasteiger partial charge in [-0.3, -0.25) is 9.48 Å². The van der Waals surface area contributed by atoms with Gasteiger partial charge < -0.3 is 15.7 Å². The van der Waals surface area contributed by atoms with Crippen molar-refractivity contribution in [3.63, 3.8) is 0 Å². The van der Waals surface area contributed by atoms with Crippen molar-refractivity contribution in [2.45, 2.75) is 19.9 Å². The molecule has 0 aliphatic rings. The Balaban J connectivity index is 2.46. The van der Waals surface area contributed by atoms with Gasteiger partial charge in [-0.2, -0.15) is 5.10 Å². The first-order valence-corrected chi connectivity index (χ1v) is 5.77. The number of carbonyl (C=O) groups is 2. The number of carboxylic acid groups (broad SMARTS) is 1. The van der Waals surface area contributed by atoms with Crippen LogP contribution in [0.25, 0.3) is 0 Å². The van der Waals surface area contributed by atoms with Crippen molar-refractivity contribution in [1.82, 2.24) is 20.4 Å². The zero-order valence-corrected chi connectivity index (χ0v) is 10.6. The van der Waals surface area contributed by atoms with E-state index in [1.165, 1.54) is 10.9 Å². The number of aryl methyl sites for hydroxylation is 1. The fraction of sp³-hybridized carbons (Fsp3) is 0.545. The highest BCUT2D eigenvalue weighted by Crippen LogP contribution is 2.06. The molecule has 0 bridgehead atoms. The summed E-state index contributed by atoms with van der Waals surface area (Å²) in [5.41, 5.74) is 0.699. The van der Waals surface area contributed by atoms with Gasteiger partial charge in [0.15, 0.2) is 0 Å². The van der Waals surface area contributed by atoms with E-state index in [1.807, 2.05) is 6.92 Å². The molecule has 0 unspecified atom stereocenters. The third-order valence-electron chi connectivity index (χ3n) is 2.44. The third kappa shape index (κ3) is 3.85. The zero-order chi connectivity index (χ0) is 13.5. The molecule has 0 saturated heterocycles. The molecule has 0 aliphatic heterocycles. The fourth-order valence-corrected chi connectivity index (χ4v) is 1.47. The summed E-state index contributed by atoms with van der Waals surface area (Å²) in [6.45, 7) is 3.07. The molecule has 0 aromatic carbocycles. The van der Waals surface area contributed by atoms with Crippen molar-refractivity contribution in [2.75, 3.05) is 13.1 Å². The summed E-state index contributed by atoms with van der Waals surface area (Å²) >= 11 is 0. The molecule has 0 spiro atoms. The number of nitrogens with zero attached hydrogens (tertiary/aromatic N) is 2. The van der Waals surface area contributed by atoms with E-state index in [0.29, 0.717) is 12.2 Å². The van der Waals surface area contributed by atoms with Crippen LogP contribution in [0.15, 0.2) is 6.20 Å². The van der Waals surface area contributed by atoms with Gasteiger partial charge in [0.25, 0.3) is 0 Å². The quantitative estimate of drug-likeness (QED) is 0.622. The Hall–Kier alpha value is -1.89. The lowest BCUT2D eigenvalue weighted by molar-refractivity contribution is -0.120. The van der Waals surface area contributed by atoms with Crippen molar-refractivity contribution in [2.24, 2.45) is 7.05 Å². The van der Waals surface area contributed by atoms with Crippen LogP contribution >= 0.6 is 0 Å². The Morgan fingerprint density at radius 3 is 2.83 bits per heavy atom.